The molecule has 1 unspecified atom stereocenters. The van der Waals surface area contributed by atoms with E-state index in [4.69, 9.17) is 10.2 Å². The molecule has 0 spiro atoms. The normalized spacial score (nSPS) is 18.2. The van der Waals surface area contributed by atoms with Gasteiger partial charge in [0, 0.05) is 34.8 Å². The lowest BCUT2D eigenvalue weighted by atomic mass is 9.93. The number of nitrogens with one attached hydrogen (secondary N) is 1. The van der Waals surface area contributed by atoms with Crippen molar-refractivity contribution in [2.75, 3.05) is 0 Å². The first-order chi connectivity index (χ1) is 9.24. The fraction of sp³-hybridized carbons (Fsp3) is 0.357. The zero-order valence-electron chi connectivity index (χ0n) is 10.5. The maximum Gasteiger partial charge on any atom is 0.249 e. The second-order valence-corrected chi connectivity index (χ2v) is 5.79. The van der Waals surface area contributed by atoms with Gasteiger partial charge in [-0.3, -0.25) is 4.79 Å². The van der Waals surface area contributed by atoms with Crippen molar-refractivity contribution < 1.29 is 9.21 Å². The summed E-state index contributed by atoms with van der Waals surface area (Å²) in [5, 5.41) is 5.34. The summed E-state index contributed by atoms with van der Waals surface area (Å²) in [5.41, 5.74) is 7.12. The van der Waals surface area contributed by atoms with Gasteiger partial charge in [0.15, 0.2) is 0 Å². The summed E-state index contributed by atoms with van der Waals surface area (Å²) < 4.78 is 5.48. The van der Waals surface area contributed by atoms with Gasteiger partial charge in [0.25, 0.3) is 0 Å². The van der Waals surface area contributed by atoms with E-state index in [-0.39, 0.29) is 5.91 Å². The lowest BCUT2D eigenvalue weighted by Crippen LogP contribution is -2.23. The highest BCUT2D eigenvalue weighted by Gasteiger charge is 2.22. The van der Waals surface area contributed by atoms with Gasteiger partial charge in [-0.1, -0.05) is 0 Å². The average Bonchev–Trinajstić information content (AvgIpc) is 3.05. The van der Waals surface area contributed by atoms with E-state index in [2.05, 4.69) is 11.4 Å². The molecule has 0 saturated carbocycles. The summed E-state index contributed by atoms with van der Waals surface area (Å²) in [5.74, 6) is 0.741. The number of carbonyl (C=O) groups is 1. The van der Waals surface area contributed by atoms with E-state index >= 15 is 0 Å². The number of amides is 1. The van der Waals surface area contributed by atoms with Crippen LogP contribution in [0.3, 0.4) is 0 Å². The molecule has 1 aliphatic carbocycles. The molecule has 1 aliphatic rings. The third-order valence-electron chi connectivity index (χ3n) is 3.51. The van der Waals surface area contributed by atoms with Crippen LogP contribution in [0.4, 0.5) is 0 Å². The van der Waals surface area contributed by atoms with E-state index < -0.39 is 0 Å². The molecule has 1 amide bonds. The van der Waals surface area contributed by atoms with Crippen molar-refractivity contribution in [1.29, 1.82) is 0 Å². The van der Waals surface area contributed by atoms with Crippen LogP contribution in [0.5, 0.6) is 0 Å². The molecule has 3 rings (SSSR count). The minimum Gasteiger partial charge on any atom is -0.469 e. The van der Waals surface area contributed by atoms with Crippen LogP contribution < -0.4 is 11.1 Å². The molecule has 0 aliphatic heterocycles. The first-order valence-electron chi connectivity index (χ1n) is 6.41. The van der Waals surface area contributed by atoms with E-state index in [1.54, 1.807) is 17.6 Å². The molecule has 1 atom stereocenters. The standard InChI is InChI=1S/C14H16N2O2S/c15-14(17)9-6-10(19-8-9)7-16-12-2-1-3-13-11(12)4-5-18-13/h4-6,8,12,16H,1-3,7H2,(H2,15,17). The van der Waals surface area contributed by atoms with Crippen LogP contribution in [0.25, 0.3) is 0 Å². The van der Waals surface area contributed by atoms with Crippen LogP contribution in [0, 0.1) is 0 Å². The molecule has 0 fully saturated rings. The minimum absolute atomic E-state index is 0.349. The van der Waals surface area contributed by atoms with Crippen molar-refractivity contribution in [2.45, 2.75) is 31.8 Å². The molecular formula is C14H16N2O2S. The third kappa shape index (κ3) is 2.57. The Hall–Kier alpha value is -1.59. The monoisotopic (exact) mass is 276 g/mol. The summed E-state index contributed by atoms with van der Waals surface area (Å²) >= 11 is 1.56. The fourth-order valence-corrected chi connectivity index (χ4v) is 3.35. The largest absolute Gasteiger partial charge is 0.469 e. The van der Waals surface area contributed by atoms with Crippen molar-refractivity contribution in [3.8, 4) is 0 Å². The molecule has 3 N–H and O–H groups in total. The number of fused-ring (bicyclic) bond motifs is 1. The predicted octanol–water partition coefficient (Wildman–Crippen LogP) is 2.61. The van der Waals surface area contributed by atoms with E-state index in [0.717, 1.165) is 36.4 Å². The van der Waals surface area contributed by atoms with Gasteiger partial charge in [0.1, 0.15) is 5.76 Å². The maximum absolute atomic E-state index is 11.0. The number of primary amides is 1. The number of hydrogen-bond donors (Lipinski definition) is 2. The third-order valence-corrected chi connectivity index (χ3v) is 4.45. The van der Waals surface area contributed by atoms with Crippen molar-refractivity contribution >= 4 is 17.2 Å². The lowest BCUT2D eigenvalue weighted by molar-refractivity contribution is 0.100. The van der Waals surface area contributed by atoms with Gasteiger partial charge in [-0.05, 0) is 25.0 Å². The predicted molar refractivity (Wildman–Crippen MR) is 74.1 cm³/mol. The summed E-state index contributed by atoms with van der Waals surface area (Å²) in [7, 11) is 0. The number of nitrogens with two attached hydrogens (primary N) is 1. The summed E-state index contributed by atoms with van der Waals surface area (Å²) in [6.07, 6.45) is 5.07. The van der Waals surface area contributed by atoms with Gasteiger partial charge >= 0.3 is 0 Å². The summed E-state index contributed by atoms with van der Waals surface area (Å²) in [4.78, 5) is 12.2. The quantitative estimate of drug-likeness (QED) is 0.902. The van der Waals surface area contributed by atoms with Crippen molar-refractivity contribution in [3.05, 3.63) is 45.5 Å². The Labute approximate surface area is 115 Å². The van der Waals surface area contributed by atoms with Gasteiger partial charge in [0.05, 0.1) is 11.8 Å². The SMILES string of the molecule is NC(=O)c1csc(CNC2CCCc3occc32)c1. The molecule has 0 aromatic carbocycles. The Morgan fingerprint density at radius 2 is 2.47 bits per heavy atom. The Kier molecular flexibility index (Phi) is 3.40. The summed E-state index contributed by atoms with van der Waals surface area (Å²) in [6.45, 7) is 0.757. The molecular weight excluding hydrogens is 260 g/mol. The lowest BCUT2D eigenvalue weighted by Gasteiger charge is -2.22. The molecule has 5 heteroatoms. The smallest absolute Gasteiger partial charge is 0.249 e. The van der Waals surface area contributed by atoms with Gasteiger partial charge < -0.3 is 15.5 Å². The molecule has 4 nitrogen and oxygen atoms in total. The number of furan rings is 1. The van der Waals surface area contributed by atoms with Gasteiger partial charge in [-0.2, -0.15) is 0 Å². The second-order valence-electron chi connectivity index (χ2n) is 4.79. The van der Waals surface area contributed by atoms with Crippen LogP contribution in [0.1, 0.15) is 45.4 Å². The van der Waals surface area contributed by atoms with E-state index in [0.29, 0.717) is 11.6 Å². The van der Waals surface area contributed by atoms with E-state index in [1.165, 1.54) is 5.56 Å². The van der Waals surface area contributed by atoms with Crippen LogP contribution in [0.2, 0.25) is 0 Å². The topological polar surface area (TPSA) is 68.3 Å². The van der Waals surface area contributed by atoms with Crippen molar-refractivity contribution in [1.82, 2.24) is 5.32 Å². The van der Waals surface area contributed by atoms with Crippen molar-refractivity contribution in [2.24, 2.45) is 5.73 Å². The molecule has 100 valence electrons. The minimum atomic E-state index is -0.364. The number of rotatable bonds is 4. The Balaban J connectivity index is 1.65. The van der Waals surface area contributed by atoms with E-state index in [1.807, 2.05) is 11.4 Å². The molecule has 2 aromatic heterocycles. The Morgan fingerprint density at radius 3 is 3.26 bits per heavy atom. The van der Waals surface area contributed by atoms with Gasteiger partial charge in [0.2, 0.25) is 5.91 Å². The van der Waals surface area contributed by atoms with E-state index in [9.17, 15) is 4.79 Å². The van der Waals surface area contributed by atoms with Crippen LogP contribution in [-0.4, -0.2) is 5.91 Å². The van der Waals surface area contributed by atoms with Gasteiger partial charge in [-0.25, -0.2) is 0 Å². The van der Waals surface area contributed by atoms with Crippen LogP contribution in [0.15, 0.2) is 28.2 Å². The zero-order valence-corrected chi connectivity index (χ0v) is 11.3. The number of thiophene rings is 1. The highest BCUT2D eigenvalue weighted by Crippen LogP contribution is 2.30. The first kappa shape index (κ1) is 12.4. The molecule has 0 bridgehead atoms. The molecule has 0 saturated heterocycles. The fourth-order valence-electron chi connectivity index (χ4n) is 2.52. The maximum atomic E-state index is 11.0. The van der Waals surface area contributed by atoms with Crippen molar-refractivity contribution in [3.63, 3.8) is 0 Å². The molecule has 2 aromatic rings. The molecule has 0 radical (unpaired) electrons. The first-order valence-corrected chi connectivity index (χ1v) is 7.29. The average molecular weight is 276 g/mol. The highest BCUT2D eigenvalue weighted by molar-refractivity contribution is 7.10. The number of carbonyl (C=O) groups excluding carboxylic acids is 1. The Bertz CT molecular complexity index is 588. The Morgan fingerprint density at radius 1 is 1.58 bits per heavy atom. The highest BCUT2D eigenvalue weighted by atomic mass is 32.1. The number of hydrogen-bond acceptors (Lipinski definition) is 4. The van der Waals surface area contributed by atoms with Gasteiger partial charge in [-0.15, -0.1) is 11.3 Å². The van der Waals surface area contributed by atoms with Crippen LogP contribution >= 0.6 is 11.3 Å². The number of aryl methyl sites for hydroxylation is 1. The molecule has 2 heterocycles. The molecule has 19 heavy (non-hydrogen) atoms. The zero-order chi connectivity index (χ0) is 13.2. The van der Waals surface area contributed by atoms with Crippen LogP contribution in [-0.2, 0) is 13.0 Å². The summed E-state index contributed by atoms with van der Waals surface area (Å²) in [6, 6.07) is 4.26. The second kappa shape index (κ2) is 5.19.